The Morgan fingerprint density at radius 3 is 2.68 bits per heavy atom. The van der Waals surface area contributed by atoms with E-state index in [4.69, 9.17) is 4.74 Å². The summed E-state index contributed by atoms with van der Waals surface area (Å²) in [5.74, 6) is -0.702. The molecule has 0 saturated carbocycles. The van der Waals surface area contributed by atoms with Crippen LogP contribution in [-0.4, -0.2) is 70.4 Å². The number of carbonyl (C=O) groups is 3. The first-order valence-electron chi connectivity index (χ1n) is 12.1. The molecule has 1 aliphatic carbocycles. The maximum Gasteiger partial charge on any atom is 0.309 e. The van der Waals surface area contributed by atoms with Crippen molar-refractivity contribution in [3.05, 3.63) is 27.1 Å². The van der Waals surface area contributed by atoms with Crippen LogP contribution in [0.2, 0.25) is 0 Å². The Labute approximate surface area is 202 Å². The molecule has 9 nitrogen and oxygen atoms in total. The van der Waals surface area contributed by atoms with Crippen LogP contribution in [0.3, 0.4) is 0 Å². The fourth-order valence-electron chi connectivity index (χ4n) is 4.76. The Kier molecular flexibility index (Phi) is 7.65. The Morgan fingerprint density at radius 1 is 1.21 bits per heavy atom. The van der Waals surface area contributed by atoms with Gasteiger partial charge in [0.15, 0.2) is 0 Å². The summed E-state index contributed by atoms with van der Waals surface area (Å²) in [6.07, 6.45) is 6.96. The van der Waals surface area contributed by atoms with Gasteiger partial charge in [0, 0.05) is 38.0 Å². The summed E-state index contributed by atoms with van der Waals surface area (Å²) in [5.41, 5.74) is 1.05. The van der Waals surface area contributed by atoms with Gasteiger partial charge >= 0.3 is 5.97 Å². The van der Waals surface area contributed by atoms with Gasteiger partial charge in [-0.3, -0.25) is 23.7 Å². The van der Waals surface area contributed by atoms with Crippen molar-refractivity contribution in [3.8, 4) is 0 Å². The molecule has 0 N–H and O–H groups in total. The number of likely N-dealkylation sites (N-methyl/N-ethyl adjacent to an activating group) is 1. The number of esters is 1. The van der Waals surface area contributed by atoms with E-state index >= 15 is 0 Å². The van der Waals surface area contributed by atoms with E-state index in [0.29, 0.717) is 37.9 Å². The summed E-state index contributed by atoms with van der Waals surface area (Å²) in [6, 6.07) is 0. The molecule has 2 aliphatic rings. The lowest BCUT2D eigenvalue weighted by atomic mass is 9.97. The zero-order valence-corrected chi connectivity index (χ0v) is 20.7. The third-order valence-electron chi connectivity index (χ3n) is 6.77. The lowest BCUT2D eigenvalue weighted by molar-refractivity contribution is -0.151. The Bertz CT molecular complexity index is 1130. The molecule has 2 aromatic rings. The quantitative estimate of drug-likeness (QED) is 0.553. The van der Waals surface area contributed by atoms with E-state index in [-0.39, 0.29) is 48.8 Å². The van der Waals surface area contributed by atoms with Gasteiger partial charge in [0.2, 0.25) is 11.8 Å². The highest BCUT2D eigenvalue weighted by Gasteiger charge is 2.29. The number of fused-ring (bicyclic) bond motifs is 3. The van der Waals surface area contributed by atoms with E-state index in [0.717, 1.165) is 36.1 Å². The maximum atomic E-state index is 13.1. The van der Waals surface area contributed by atoms with Gasteiger partial charge in [0.05, 0.1) is 30.8 Å². The van der Waals surface area contributed by atoms with Gasteiger partial charge in [-0.2, -0.15) is 0 Å². The fraction of sp³-hybridized carbons (Fsp3) is 0.625. The highest BCUT2D eigenvalue weighted by Crippen LogP contribution is 2.33. The normalized spacial score (nSPS) is 16.4. The van der Waals surface area contributed by atoms with Gasteiger partial charge in [-0.1, -0.05) is 0 Å². The van der Waals surface area contributed by atoms with E-state index in [1.807, 2.05) is 0 Å². The average Bonchev–Trinajstić information content (AvgIpc) is 3.23. The molecular weight excluding hydrogens is 456 g/mol. The standard InChI is InChI=1S/C24H32N4O5S/c1-3-33-24(32)16-8-11-27(12-9-16)20(30)14-26(2)19(29)10-13-28-15-25-22-21(23(28)31)17-6-4-5-7-18(17)34-22/h15-16H,3-14H2,1-2H3. The minimum atomic E-state index is -0.201. The number of nitrogens with zero attached hydrogens (tertiary/aromatic N) is 4. The van der Waals surface area contributed by atoms with Gasteiger partial charge < -0.3 is 14.5 Å². The second-order valence-corrected chi connectivity index (χ2v) is 10.1. The van der Waals surface area contributed by atoms with Crippen LogP contribution in [0, 0.1) is 5.92 Å². The molecule has 1 saturated heterocycles. The molecule has 4 rings (SSSR count). The molecule has 1 aliphatic heterocycles. The Morgan fingerprint density at radius 2 is 1.94 bits per heavy atom. The predicted octanol–water partition coefficient (Wildman–Crippen LogP) is 1.99. The summed E-state index contributed by atoms with van der Waals surface area (Å²) >= 11 is 1.61. The number of thiophene rings is 1. The predicted molar refractivity (Wildman–Crippen MR) is 129 cm³/mol. The lowest BCUT2D eigenvalue weighted by Crippen LogP contribution is -2.45. The van der Waals surface area contributed by atoms with Crippen molar-refractivity contribution in [3.63, 3.8) is 0 Å². The minimum absolute atomic E-state index is 0.0207. The molecule has 34 heavy (non-hydrogen) atoms. The molecule has 10 heteroatoms. The number of amides is 2. The van der Waals surface area contributed by atoms with Crippen molar-refractivity contribution >= 4 is 39.3 Å². The van der Waals surface area contributed by atoms with Crippen LogP contribution in [-0.2, 0) is 38.5 Å². The second-order valence-electron chi connectivity index (χ2n) is 9.04. The van der Waals surface area contributed by atoms with Gasteiger partial charge in [0.1, 0.15) is 4.83 Å². The van der Waals surface area contributed by atoms with Crippen molar-refractivity contribution < 1.29 is 19.1 Å². The molecular formula is C24H32N4O5S. The summed E-state index contributed by atoms with van der Waals surface area (Å²) < 4.78 is 6.58. The third kappa shape index (κ3) is 5.16. The first kappa shape index (κ1) is 24.4. The molecule has 0 spiro atoms. The van der Waals surface area contributed by atoms with Crippen LogP contribution in [0.15, 0.2) is 11.1 Å². The van der Waals surface area contributed by atoms with E-state index in [1.54, 1.807) is 30.2 Å². The number of hydrogen-bond acceptors (Lipinski definition) is 7. The summed E-state index contributed by atoms with van der Waals surface area (Å²) in [6.45, 7) is 3.31. The molecule has 0 unspecified atom stereocenters. The van der Waals surface area contributed by atoms with Crippen molar-refractivity contribution in [2.45, 2.75) is 58.4 Å². The second kappa shape index (κ2) is 10.7. The van der Waals surface area contributed by atoms with Crippen LogP contribution < -0.4 is 5.56 Å². The number of aromatic nitrogens is 2. The molecule has 0 atom stereocenters. The highest BCUT2D eigenvalue weighted by molar-refractivity contribution is 7.18. The van der Waals surface area contributed by atoms with Gasteiger partial charge in [0.25, 0.3) is 5.56 Å². The largest absolute Gasteiger partial charge is 0.466 e. The lowest BCUT2D eigenvalue weighted by Gasteiger charge is -2.32. The Balaban J connectivity index is 1.30. The third-order valence-corrected chi connectivity index (χ3v) is 7.97. The van der Waals surface area contributed by atoms with Gasteiger partial charge in [-0.15, -0.1) is 11.3 Å². The first-order valence-corrected chi connectivity index (χ1v) is 12.9. The van der Waals surface area contributed by atoms with Crippen molar-refractivity contribution in [1.82, 2.24) is 19.4 Å². The van der Waals surface area contributed by atoms with Crippen molar-refractivity contribution in [1.29, 1.82) is 0 Å². The fourth-order valence-corrected chi connectivity index (χ4v) is 5.98. The van der Waals surface area contributed by atoms with Crippen LogP contribution in [0.5, 0.6) is 0 Å². The number of piperidine rings is 1. The van der Waals surface area contributed by atoms with Crippen LogP contribution in [0.1, 0.15) is 49.5 Å². The number of hydrogen-bond donors (Lipinski definition) is 0. The highest BCUT2D eigenvalue weighted by atomic mass is 32.1. The molecule has 1 fully saturated rings. The van der Waals surface area contributed by atoms with Crippen molar-refractivity contribution in [2.75, 3.05) is 33.3 Å². The van der Waals surface area contributed by atoms with Crippen LogP contribution in [0.25, 0.3) is 10.2 Å². The zero-order chi connectivity index (χ0) is 24.2. The van der Waals surface area contributed by atoms with E-state index < -0.39 is 0 Å². The minimum Gasteiger partial charge on any atom is -0.466 e. The number of ether oxygens (including phenoxy) is 1. The van der Waals surface area contributed by atoms with Gasteiger partial charge in [-0.05, 0) is 51.0 Å². The summed E-state index contributed by atoms with van der Waals surface area (Å²) in [7, 11) is 1.60. The molecule has 2 aromatic heterocycles. The Hall–Kier alpha value is -2.75. The zero-order valence-electron chi connectivity index (χ0n) is 19.9. The van der Waals surface area contributed by atoms with Crippen molar-refractivity contribution in [2.24, 2.45) is 5.92 Å². The van der Waals surface area contributed by atoms with Crippen LogP contribution in [0.4, 0.5) is 0 Å². The number of rotatable bonds is 7. The van der Waals surface area contributed by atoms with E-state index in [1.165, 1.54) is 20.7 Å². The summed E-state index contributed by atoms with van der Waals surface area (Å²) in [4.78, 5) is 59.9. The molecule has 0 radical (unpaired) electrons. The molecule has 184 valence electrons. The summed E-state index contributed by atoms with van der Waals surface area (Å²) in [5, 5.41) is 0.712. The smallest absolute Gasteiger partial charge is 0.309 e. The number of aryl methyl sites for hydroxylation is 3. The van der Waals surface area contributed by atoms with Gasteiger partial charge in [-0.25, -0.2) is 4.98 Å². The monoisotopic (exact) mass is 488 g/mol. The van der Waals surface area contributed by atoms with E-state index in [9.17, 15) is 19.2 Å². The average molecular weight is 489 g/mol. The van der Waals surface area contributed by atoms with E-state index in [2.05, 4.69) is 4.98 Å². The SMILES string of the molecule is CCOC(=O)C1CCN(C(=O)CN(C)C(=O)CCn2cnc3sc4c(c3c2=O)CCCC4)CC1. The number of likely N-dealkylation sites (tertiary alicyclic amines) is 1. The maximum absolute atomic E-state index is 13.1. The molecule has 2 amide bonds. The molecule has 0 bridgehead atoms. The van der Waals surface area contributed by atoms with Crippen LogP contribution >= 0.6 is 11.3 Å². The first-order chi connectivity index (χ1) is 16.4. The number of carbonyl (C=O) groups excluding carboxylic acids is 3. The topological polar surface area (TPSA) is 102 Å². The molecule has 0 aromatic carbocycles. The molecule has 3 heterocycles.